The van der Waals surface area contributed by atoms with Gasteiger partial charge in [0.15, 0.2) is 0 Å². The van der Waals surface area contributed by atoms with Crippen LogP contribution >= 0.6 is 0 Å². The maximum atomic E-state index is 14.6. The lowest BCUT2D eigenvalue weighted by Gasteiger charge is -2.46. The summed E-state index contributed by atoms with van der Waals surface area (Å²) in [5.41, 5.74) is 9.16. The highest BCUT2D eigenvalue weighted by Gasteiger charge is 2.42. The average Bonchev–Trinajstić information content (AvgIpc) is 2.94. The number of aryl methyl sites for hydroxylation is 2. The number of nitrogens with zero attached hydrogens (tertiary/aromatic N) is 1. The molecule has 1 unspecified atom stereocenters. The van der Waals surface area contributed by atoms with Gasteiger partial charge in [-0.25, -0.2) is 4.39 Å². The molecule has 1 saturated heterocycles. The SMILES string of the molecule is CCC(CC)(C(N)c1c(C)cc(C)cc1F)N1CCCC1. The van der Waals surface area contributed by atoms with E-state index in [9.17, 15) is 4.39 Å². The predicted octanol–water partition coefficient (Wildman–Crippen LogP) is 4.10. The van der Waals surface area contributed by atoms with E-state index >= 15 is 0 Å². The van der Waals surface area contributed by atoms with Crippen molar-refractivity contribution in [3.05, 3.63) is 34.6 Å². The zero-order chi connectivity index (χ0) is 15.6. The lowest BCUT2D eigenvalue weighted by molar-refractivity contribution is 0.0751. The summed E-state index contributed by atoms with van der Waals surface area (Å²) in [5, 5.41) is 0. The van der Waals surface area contributed by atoms with E-state index in [0.717, 1.165) is 37.1 Å². The molecular weight excluding hydrogens is 263 g/mol. The van der Waals surface area contributed by atoms with Gasteiger partial charge in [0.05, 0.1) is 6.04 Å². The zero-order valence-electron chi connectivity index (χ0n) is 13.9. The summed E-state index contributed by atoms with van der Waals surface area (Å²) in [5.74, 6) is -0.148. The molecule has 3 heteroatoms. The molecule has 0 spiro atoms. The van der Waals surface area contributed by atoms with Crippen molar-refractivity contribution in [2.75, 3.05) is 13.1 Å². The molecule has 0 aromatic heterocycles. The van der Waals surface area contributed by atoms with Crippen molar-refractivity contribution in [1.29, 1.82) is 0 Å². The topological polar surface area (TPSA) is 29.3 Å². The van der Waals surface area contributed by atoms with E-state index in [1.54, 1.807) is 6.07 Å². The number of nitrogens with two attached hydrogens (primary N) is 1. The first kappa shape index (κ1) is 16.4. The minimum Gasteiger partial charge on any atom is -0.322 e. The average molecular weight is 292 g/mol. The fraction of sp³-hybridized carbons (Fsp3) is 0.667. The summed E-state index contributed by atoms with van der Waals surface area (Å²) < 4.78 is 14.6. The Hall–Kier alpha value is -0.930. The smallest absolute Gasteiger partial charge is 0.128 e. The molecule has 1 aliphatic heterocycles. The molecular formula is C18H29FN2. The molecule has 0 saturated carbocycles. The molecule has 0 radical (unpaired) electrons. The molecule has 0 bridgehead atoms. The highest BCUT2D eigenvalue weighted by Crippen LogP contribution is 2.39. The summed E-state index contributed by atoms with van der Waals surface area (Å²) in [7, 11) is 0. The number of halogens is 1. The monoisotopic (exact) mass is 292 g/mol. The molecule has 1 fully saturated rings. The molecule has 1 aromatic carbocycles. The van der Waals surface area contributed by atoms with Crippen LogP contribution in [0.15, 0.2) is 12.1 Å². The van der Waals surface area contributed by atoms with E-state index in [2.05, 4.69) is 18.7 Å². The molecule has 2 rings (SSSR count). The Morgan fingerprint density at radius 1 is 1.19 bits per heavy atom. The Bertz CT molecular complexity index is 465. The Kier molecular flexibility index (Phi) is 5.05. The minimum atomic E-state index is -0.272. The molecule has 2 nitrogen and oxygen atoms in total. The quantitative estimate of drug-likeness (QED) is 0.885. The van der Waals surface area contributed by atoms with E-state index in [1.807, 2.05) is 19.9 Å². The normalized spacial score (nSPS) is 18.2. The lowest BCUT2D eigenvalue weighted by Crippen LogP contribution is -2.54. The number of benzene rings is 1. The number of hydrogen-bond acceptors (Lipinski definition) is 2. The van der Waals surface area contributed by atoms with Crippen LogP contribution in [0, 0.1) is 19.7 Å². The van der Waals surface area contributed by atoms with Crippen molar-refractivity contribution >= 4 is 0 Å². The Morgan fingerprint density at radius 3 is 2.24 bits per heavy atom. The van der Waals surface area contributed by atoms with Crippen molar-refractivity contribution in [2.24, 2.45) is 5.73 Å². The van der Waals surface area contributed by atoms with Crippen LogP contribution in [-0.4, -0.2) is 23.5 Å². The summed E-state index contributed by atoms with van der Waals surface area (Å²) in [6, 6.07) is 3.38. The van der Waals surface area contributed by atoms with Crippen LogP contribution < -0.4 is 5.73 Å². The third-order valence-corrected chi connectivity index (χ3v) is 5.33. The first-order valence-corrected chi connectivity index (χ1v) is 8.23. The van der Waals surface area contributed by atoms with Gasteiger partial charge in [-0.05, 0) is 69.8 Å². The Labute approximate surface area is 128 Å². The maximum Gasteiger partial charge on any atom is 0.128 e. The van der Waals surface area contributed by atoms with Crippen molar-refractivity contribution in [2.45, 2.75) is 65.0 Å². The lowest BCUT2D eigenvalue weighted by atomic mass is 9.78. The van der Waals surface area contributed by atoms with Gasteiger partial charge in [0.2, 0.25) is 0 Å². The fourth-order valence-electron chi connectivity index (χ4n) is 4.09. The largest absolute Gasteiger partial charge is 0.322 e. The third-order valence-electron chi connectivity index (χ3n) is 5.33. The van der Waals surface area contributed by atoms with Crippen molar-refractivity contribution in [3.63, 3.8) is 0 Å². The summed E-state index contributed by atoms with van der Waals surface area (Å²) in [6.45, 7) is 10.4. The van der Waals surface area contributed by atoms with Gasteiger partial charge >= 0.3 is 0 Å². The number of hydrogen-bond donors (Lipinski definition) is 1. The van der Waals surface area contributed by atoms with Crippen molar-refractivity contribution in [3.8, 4) is 0 Å². The van der Waals surface area contributed by atoms with Crippen LogP contribution in [0.4, 0.5) is 4.39 Å². The molecule has 1 aromatic rings. The van der Waals surface area contributed by atoms with Crippen molar-refractivity contribution in [1.82, 2.24) is 4.90 Å². The van der Waals surface area contributed by atoms with E-state index in [-0.39, 0.29) is 17.4 Å². The van der Waals surface area contributed by atoms with Gasteiger partial charge in [-0.3, -0.25) is 4.90 Å². The second-order valence-electron chi connectivity index (χ2n) is 6.46. The van der Waals surface area contributed by atoms with E-state index in [4.69, 9.17) is 5.73 Å². The van der Waals surface area contributed by atoms with Crippen molar-refractivity contribution < 1.29 is 4.39 Å². The van der Waals surface area contributed by atoms with Gasteiger partial charge in [0.25, 0.3) is 0 Å². The first-order valence-electron chi connectivity index (χ1n) is 8.23. The third kappa shape index (κ3) is 2.86. The minimum absolute atomic E-state index is 0.128. The predicted molar refractivity (Wildman–Crippen MR) is 86.9 cm³/mol. The van der Waals surface area contributed by atoms with Gasteiger partial charge in [-0.1, -0.05) is 19.9 Å². The first-order chi connectivity index (χ1) is 9.96. The molecule has 1 atom stereocenters. The summed E-state index contributed by atoms with van der Waals surface area (Å²) in [6.07, 6.45) is 4.36. The highest BCUT2D eigenvalue weighted by atomic mass is 19.1. The molecule has 2 N–H and O–H groups in total. The second kappa shape index (κ2) is 6.45. The molecule has 21 heavy (non-hydrogen) atoms. The molecule has 1 heterocycles. The van der Waals surface area contributed by atoms with Crippen LogP contribution in [0.3, 0.4) is 0 Å². The van der Waals surface area contributed by atoms with Crippen LogP contribution in [-0.2, 0) is 0 Å². The second-order valence-corrected chi connectivity index (χ2v) is 6.46. The summed E-state index contributed by atoms with van der Waals surface area (Å²) in [4.78, 5) is 2.50. The van der Waals surface area contributed by atoms with Gasteiger partial charge < -0.3 is 5.73 Å². The Morgan fingerprint density at radius 2 is 1.76 bits per heavy atom. The van der Waals surface area contributed by atoms with Gasteiger partial charge in [0.1, 0.15) is 5.82 Å². The Balaban J connectivity index is 2.46. The van der Waals surface area contributed by atoms with Crippen LogP contribution in [0.5, 0.6) is 0 Å². The maximum absolute atomic E-state index is 14.6. The fourth-order valence-corrected chi connectivity index (χ4v) is 4.09. The van der Waals surface area contributed by atoms with E-state index in [1.165, 1.54) is 12.8 Å². The molecule has 0 aliphatic carbocycles. The molecule has 118 valence electrons. The highest BCUT2D eigenvalue weighted by molar-refractivity contribution is 5.36. The zero-order valence-corrected chi connectivity index (χ0v) is 13.9. The molecule has 1 aliphatic rings. The summed E-state index contributed by atoms with van der Waals surface area (Å²) >= 11 is 0. The van der Waals surface area contributed by atoms with Gasteiger partial charge in [-0.2, -0.15) is 0 Å². The molecule has 0 amide bonds. The van der Waals surface area contributed by atoms with E-state index < -0.39 is 0 Å². The number of rotatable bonds is 5. The van der Waals surface area contributed by atoms with E-state index in [0.29, 0.717) is 5.56 Å². The van der Waals surface area contributed by atoms with Gasteiger partial charge in [-0.15, -0.1) is 0 Å². The standard InChI is InChI=1S/C18H29FN2/c1-5-18(6-2,21-9-7-8-10-21)17(20)16-14(4)11-13(3)12-15(16)19/h11-12,17H,5-10,20H2,1-4H3. The number of likely N-dealkylation sites (tertiary alicyclic amines) is 1. The van der Waals surface area contributed by atoms with Crippen LogP contribution in [0.25, 0.3) is 0 Å². The van der Waals surface area contributed by atoms with Crippen LogP contribution in [0.1, 0.15) is 62.3 Å². The van der Waals surface area contributed by atoms with Crippen LogP contribution in [0.2, 0.25) is 0 Å². The van der Waals surface area contributed by atoms with Gasteiger partial charge in [0, 0.05) is 11.1 Å².